The largest absolute Gasteiger partial charge is 0.504 e. The molecule has 0 unspecified atom stereocenters. The van der Waals surface area contributed by atoms with Crippen LogP contribution in [-0.2, 0) is 13.2 Å². The summed E-state index contributed by atoms with van der Waals surface area (Å²) in [4.78, 5) is 12.8. The van der Waals surface area contributed by atoms with Crippen LogP contribution in [0, 0.1) is 12.7 Å². The number of benzene rings is 1. The Labute approximate surface area is 222 Å². The normalized spacial score (nSPS) is 13.0. The summed E-state index contributed by atoms with van der Waals surface area (Å²) >= 11 is 0. The Hall–Kier alpha value is -4.61. The molecule has 0 aliphatic heterocycles. The quantitative estimate of drug-likeness (QED) is 0.139. The van der Waals surface area contributed by atoms with Crippen molar-refractivity contribution in [2.75, 3.05) is 14.2 Å². The zero-order chi connectivity index (χ0) is 28.6. The molecule has 0 atom stereocenters. The lowest BCUT2D eigenvalue weighted by Gasteiger charge is -2.16. The van der Waals surface area contributed by atoms with Crippen LogP contribution in [0.15, 0.2) is 71.8 Å². The van der Waals surface area contributed by atoms with E-state index in [1.807, 2.05) is 19.1 Å². The lowest BCUT2D eigenvalue weighted by Crippen LogP contribution is -2.13. The molecule has 206 valence electrons. The Morgan fingerprint density at radius 1 is 1.26 bits per heavy atom. The lowest BCUT2D eigenvalue weighted by molar-refractivity contribution is -0.120. The highest BCUT2D eigenvalue weighted by atomic mass is 19.4. The molecule has 0 fully saturated rings. The van der Waals surface area contributed by atoms with E-state index in [0.717, 1.165) is 23.2 Å². The molecule has 0 aliphatic carbocycles. The number of hydrogen-bond donors (Lipinski definition) is 3. The van der Waals surface area contributed by atoms with Crippen molar-refractivity contribution >= 4 is 16.6 Å². The van der Waals surface area contributed by atoms with Gasteiger partial charge in [0.25, 0.3) is 0 Å². The number of ether oxygens (including phenoxy) is 2. The zero-order valence-electron chi connectivity index (χ0n) is 21.4. The van der Waals surface area contributed by atoms with Crippen molar-refractivity contribution in [3.05, 3.63) is 95.1 Å². The number of hydrogen-bond acceptors (Lipinski definition) is 8. The van der Waals surface area contributed by atoms with Crippen LogP contribution in [0.1, 0.15) is 22.4 Å². The van der Waals surface area contributed by atoms with Crippen molar-refractivity contribution in [2.45, 2.75) is 26.3 Å². The first-order valence-corrected chi connectivity index (χ1v) is 11.6. The van der Waals surface area contributed by atoms with Crippen LogP contribution in [0.3, 0.4) is 0 Å². The highest BCUT2D eigenvalue weighted by Crippen LogP contribution is 2.30. The first-order chi connectivity index (χ1) is 18.6. The van der Waals surface area contributed by atoms with Gasteiger partial charge in [0.15, 0.2) is 5.76 Å². The second kappa shape index (κ2) is 12.8. The van der Waals surface area contributed by atoms with Crippen LogP contribution in [0.4, 0.5) is 17.6 Å². The minimum Gasteiger partial charge on any atom is -0.504 e. The molecule has 4 N–H and O–H groups in total. The molecule has 0 bridgehead atoms. The number of fused-ring (bicyclic) bond motifs is 1. The SMILES string of the molecule is CN=C(/C=C\N)c1cc(C)nc2c(OCc3c(F)cnc(OC)c3CN/C=C\C=C(/O)C(F)(F)F)cccc12. The number of nitrogens with two attached hydrogens (primary N) is 1. The number of methoxy groups -OCH3 is 1. The van der Waals surface area contributed by atoms with Crippen LogP contribution in [0.25, 0.3) is 10.9 Å². The number of allylic oxidation sites excluding steroid dienone is 4. The van der Waals surface area contributed by atoms with E-state index in [9.17, 15) is 17.6 Å². The molecule has 1 aromatic carbocycles. The fourth-order valence-corrected chi connectivity index (χ4v) is 3.73. The fraction of sp³-hybridized carbons (Fsp3) is 0.222. The number of pyridine rings is 2. The van der Waals surface area contributed by atoms with Gasteiger partial charge in [0.2, 0.25) is 5.88 Å². The maximum atomic E-state index is 14.9. The maximum absolute atomic E-state index is 14.9. The number of nitrogens with zero attached hydrogens (tertiary/aromatic N) is 3. The number of aliphatic hydroxyl groups is 1. The Bertz CT molecular complexity index is 1450. The van der Waals surface area contributed by atoms with Crippen LogP contribution in [0.5, 0.6) is 11.6 Å². The van der Waals surface area contributed by atoms with Crippen molar-refractivity contribution in [2.24, 2.45) is 10.7 Å². The van der Waals surface area contributed by atoms with Crippen molar-refractivity contribution in [1.82, 2.24) is 15.3 Å². The smallest absolute Gasteiger partial charge is 0.448 e. The average Bonchev–Trinajstić information content (AvgIpc) is 2.90. The molecule has 0 saturated heterocycles. The number of aliphatic imine (C=N–C) groups is 1. The van der Waals surface area contributed by atoms with Crippen molar-refractivity contribution in [3.63, 3.8) is 0 Å². The summed E-state index contributed by atoms with van der Waals surface area (Å²) in [6, 6.07) is 7.22. The van der Waals surface area contributed by atoms with Gasteiger partial charge in [-0.05, 0) is 49.7 Å². The number of rotatable bonds is 10. The predicted molar refractivity (Wildman–Crippen MR) is 140 cm³/mol. The van der Waals surface area contributed by atoms with Gasteiger partial charge in [0.1, 0.15) is 23.7 Å². The summed E-state index contributed by atoms with van der Waals surface area (Å²) < 4.78 is 63.4. The number of para-hydroxylation sites is 1. The van der Waals surface area contributed by atoms with Crippen molar-refractivity contribution in [3.8, 4) is 11.6 Å². The molecule has 3 rings (SSSR count). The molecule has 0 aliphatic rings. The molecule has 2 aromatic heterocycles. The minimum atomic E-state index is -4.85. The van der Waals surface area contributed by atoms with Crippen molar-refractivity contribution < 1.29 is 32.1 Å². The second-order valence-electron chi connectivity index (χ2n) is 8.08. The Morgan fingerprint density at radius 2 is 2.03 bits per heavy atom. The molecule has 0 amide bonds. The third-order valence-corrected chi connectivity index (χ3v) is 5.51. The Kier molecular flexibility index (Phi) is 9.47. The second-order valence-corrected chi connectivity index (χ2v) is 8.08. The third kappa shape index (κ3) is 7.03. The van der Waals surface area contributed by atoms with E-state index in [-0.39, 0.29) is 24.6 Å². The first-order valence-electron chi connectivity index (χ1n) is 11.6. The van der Waals surface area contributed by atoms with Crippen LogP contribution < -0.4 is 20.5 Å². The van der Waals surface area contributed by atoms with Gasteiger partial charge in [-0.25, -0.2) is 14.4 Å². The van der Waals surface area contributed by atoms with E-state index in [0.29, 0.717) is 34.3 Å². The zero-order valence-corrected chi connectivity index (χ0v) is 21.4. The van der Waals surface area contributed by atoms with Gasteiger partial charge in [0, 0.05) is 41.4 Å². The Balaban J connectivity index is 1.92. The van der Waals surface area contributed by atoms with Crippen LogP contribution in [-0.4, -0.2) is 41.1 Å². The molecule has 2 heterocycles. The molecular formula is C27H27F4N5O3. The van der Waals surface area contributed by atoms with Gasteiger partial charge in [-0.3, -0.25) is 4.99 Å². The summed E-state index contributed by atoms with van der Waals surface area (Å²) in [7, 11) is 3.01. The number of alkyl halides is 3. The number of nitrogens with one attached hydrogen (secondary N) is 1. The molecular weight excluding hydrogens is 518 g/mol. The lowest BCUT2D eigenvalue weighted by atomic mass is 10.0. The molecule has 0 spiro atoms. The topological polar surface area (TPSA) is 115 Å². The van der Waals surface area contributed by atoms with Crippen LogP contribution >= 0.6 is 0 Å². The van der Waals surface area contributed by atoms with Gasteiger partial charge in [-0.15, -0.1) is 0 Å². The molecule has 8 nitrogen and oxygen atoms in total. The van der Waals surface area contributed by atoms with Crippen LogP contribution in [0.2, 0.25) is 0 Å². The molecule has 12 heteroatoms. The van der Waals surface area contributed by atoms with E-state index >= 15 is 0 Å². The molecule has 0 radical (unpaired) electrons. The predicted octanol–water partition coefficient (Wildman–Crippen LogP) is 5.16. The third-order valence-electron chi connectivity index (χ3n) is 5.51. The standard InChI is InChI=1S/C27H27F4N5O3/c1-16-12-18(22(33-2)9-10-32)17-6-4-7-23(25(17)36-16)39-15-20-19(26(38-3)35-14-21(20)28)13-34-11-5-8-24(37)27(29,30)31/h4-12,14,34,37H,13,15,32H2,1-3H3/b10-9-,11-5-,24-8-,33-22?. The minimum absolute atomic E-state index is 0.0530. The number of aromatic nitrogens is 2. The molecule has 39 heavy (non-hydrogen) atoms. The Morgan fingerprint density at radius 3 is 2.69 bits per heavy atom. The highest BCUT2D eigenvalue weighted by Gasteiger charge is 2.33. The van der Waals surface area contributed by atoms with Gasteiger partial charge in [-0.1, -0.05) is 12.1 Å². The highest BCUT2D eigenvalue weighted by molar-refractivity contribution is 6.16. The van der Waals surface area contributed by atoms with Gasteiger partial charge in [0.05, 0.1) is 19.0 Å². The van der Waals surface area contributed by atoms with Gasteiger partial charge < -0.3 is 25.6 Å². The number of halogens is 4. The fourth-order valence-electron chi connectivity index (χ4n) is 3.73. The van der Waals surface area contributed by atoms with E-state index in [2.05, 4.69) is 20.3 Å². The summed E-state index contributed by atoms with van der Waals surface area (Å²) in [5, 5.41) is 12.5. The average molecular weight is 546 g/mol. The van der Waals surface area contributed by atoms with Gasteiger partial charge >= 0.3 is 6.18 Å². The van der Waals surface area contributed by atoms with E-state index in [1.165, 1.54) is 19.5 Å². The maximum Gasteiger partial charge on any atom is 0.448 e. The summed E-state index contributed by atoms with van der Waals surface area (Å²) in [5.41, 5.74) is 8.70. The summed E-state index contributed by atoms with van der Waals surface area (Å²) in [6.07, 6.45) is 1.82. The monoisotopic (exact) mass is 545 g/mol. The first kappa shape index (κ1) is 29.0. The number of aryl methyl sites for hydroxylation is 1. The number of aliphatic hydroxyl groups excluding tert-OH is 1. The van der Waals surface area contributed by atoms with Crippen molar-refractivity contribution in [1.29, 1.82) is 0 Å². The van der Waals surface area contributed by atoms with E-state index in [1.54, 1.807) is 25.3 Å². The summed E-state index contributed by atoms with van der Waals surface area (Å²) in [5.74, 6) is -1.91. The van der Waals surface area contributed by atoms with E-state index in [4.69, 9.17) is 20.3 Å². The van der Waals surface area contributed by atoms with E-state index < -0.39 is 17.8 Å². The van der Waals surface area contributed by atoms with Gasteiger partial charge in [-0.2, -0.15) is 13.2 Å². The summed E-state index contributed by atoms with van der Waals surface area (Å²) in [6.45, 7) is 1.55. The molecule has 3 aromatic rings. The molecule has 0 saturated carbocycles.